The lowest BCUT2D eigenvalue weighted by Crippen LogP contribution is -2.50. The summed E-state index contributed by atoms with van der Waals surface area (Å²) in [6.45, 7) is 3.73. The van der Waals surface area contributed by atoms with Crippen molar-refractivity contribution in [3.05, 3.63) is 35.9 Å². The number of para-hydroxylation sites is 1. The lowest BCUT2D eigenvalue weighted by atomic mass is 10.1. The molecule has 1 atom stereocenters. The average molecular weight is 232 g/mol. The van der Waals surface area contributed by atoms with Gasteiger partial charge in [-0.25, -0.2) is 0 Å². The second-order valence-electron chi connectivity index (χ2n) is 4.13. The minimum atomic E-state index is -1.26. The number of ether oxygens (including phenoxy) is 1. The minimum absolute atomic E-state index is 0.0586. The van der Waals surface area contributed by atoms with Gasteiger partial charge in [-0.05, 0) is 31.6 Å². The van der Waals surface area contributed by atoms with Crippen LogP contribution in [0.5, 0.6) is 0 Å². The summed E-state index contributed by atoms with van der Waals surface area (Å²) in [5, 5.41) is 11.2. The SMILES string of the molecule is CC(C)OC1C=Cc2ccccc2N1C(=O)[O-]. The number of carbonyl (C=O) groups excluding carboxylic acids is 1. The Hall–Kier alpha value is -1.81. The van der Waals surface area contributed by atoms with Gasteiger partial charge in [0.15, 0.2) is 6.23 Å². The van der Waals surface area contributed by atoms with Crippen LogP contribution < -0.4 is 10.0 Å². The molecule has 1 aromatic rings. The monoisotopic (exact) mass is 232 g/mol. The Morgan fingerprint density at radius 2 is 2.12 bits per heavy atom. The van der Waals surface area contributed by atoms with Crippen LogP contribution in [0.25, 0.3) is 6.08 Å². The summed E-state index contributed by atoms with van der Waals surface area (Å²) in [5.41, 5.74) is 1.45. The normalized spacial score (nSPS) is 18.3. The first kappa shape index (κ1) is 11.7. The van der Waals surface area contributed by atoms with E-state index in [1.165, 1.54) is 0 Å². The first-order chi connectivity index (χ1) is 8.09. The van der Waals surface area contributed by atoms with E-state index in [0.717, 1.165) is 10.5 Å². The van der Waals surface area contributed by atoms with Gasteiger partial charge in [0.1, 0.15) is 6.09 Å². The van der Waals surface area contributed by atoms with Crippen molar-refractivity contribution in [3.63, 3.8) is 0 Å². The largest absolute Gasteiger partial charge is 0.530 e. The van der Waals surface area contributed by atoms with Crippen LogP contribution >= 0.6 is 0 Å². The molecular weight excluding hydrogens is 218 g/mol. The zero-order chi connectivity index (χ0) is 12.4. The van der Waals surface area contributed by atoms with Gasteiger partial charge >= 0.3 is 0 Å². The van der Waals surface area contributed by atoms with Crippen LogP contribution in [0.4, 0.5) is 10.5 Å². The van der Waals surface area contributed by atoms with Crippen LogP contribution in [-0.4, -0.2) is 18.4 Å². The summed E-state index contributed by atoms with van der Waals surface area (Å²) >= 11 is 0. The minimum Gasteiger partial charge on any atom is -0.530 e. The van der Waals surface area contributed by atoms with Gasteiger partial charge in [-0.15, -0.1) is 0 Å². The lowest BCUT2D eigenvalue weighted by molar-refractivity contribution is -0.248. The first-order valence-electron chi connectivity index (χ1n) is 5.52. The molecule has 0 N–H and O–H groups in total. The van der Waals surface area contributed by atoms with Crippen molar-refractivity contribution in [1.82, 2.24) is 0 Å². The van der Waals surface area contributed by atoms with Crippen molar-refractivity contribution in [3.8, 4) is 0 Å². The maximum Gasteiger partial charge on any atom is 0.155 e. The standard InChI is InChI=1S/C13H15NO3/c1-9(2)17-12-8-7-10-5-3-4-6-11(10)14(12)13(15)16/h3-9,12H,1-2H3,(H,15,16)/p-1. The molecule has 1 amide bonds. The summed E-state index contributed by atoms with van der Waals surface area (Å²) in [6.07, 6.45) is 1.65. The Bertz CT molecular complexity index is 454. The van der Waals surface area contributed by atoms with Gasteiger partial charge in [0.25, 0.3) is 0 Å². The van der Waals surface area contributed by atoms with Crippen molar-refractivity contribution in [2.24, 2.45) is 0 Å². The Morgan fingerprint density at radius 1 is 1.41 bits per heavy atom. The molecule has 0 radical (unpaired) electrons. The number of benzene rings is 1. The molecule has 4 nitrogen and oxygen atoms in total. The van der Waals surface area contributed by atoms with Gasteiger partial charge in [0.2, 0.25) is 0 Å². The lowest BCUT2D eigenvalue weighted by Gasteiger charge is -2.36. The molecule has 17 heavy (non-hydrogen) atoms. The predicted molar refractivity (Wildman–Crippen MR) is 63.4 cm³/mol. The molecule has 90 valence electrons. The maximum atomic E-state index is 11.2. The number of nitrogens with zero attached hydrogens (tertiary/aromatic N) is 1. The van der Waals surface area contributed by atoms with Crippen molar-refractivity contribution >= 4 is 17.9 Å². The van der Waals surface area contributed by atoms with Gasteiger partial charge in [-0.1, -0.05) is 24.3 Å². The van der Waals surface area contributed by atoms with Crippen molar-refractivity contribution in [2.45, 2.75) is 26.2 Å². The van der Waals surface area contributed by atoms with Crippen molar-refractivity contribution < 1.29 is 14.6 Å². The van der Waals surface area contributed by atoms with Gasteiger partial charge in [0.05, 0.1) is 11.8 Å². The summed E-state index contributed by atoms with van der Waals surface area (Å²) in [4.78, 5) is 12.3. The molecule has 1 heterocycles. The quantitative estimate of drug-likeness (QED) is 0.778. The van der Waals surface area contributed by atoms with E-state index in [9.17, 15) is 9.90 Å². The third kappa shape index (κ3) is 2.31. The zero-order valence-electron chi connectivity index (χ0n) is 9.79. The average Bonchev–Trinajstić information content (AvgIpc) is 2.27. The molecule has 1 aromatic carbocycles. The van der Waals surface area contributed by atoms with E-state index in [-0.39, 0.29) is 6.10 Å². The fraction of sp³-hybridized carbons (Fsp3) is 0.308. The molecule has 0 aromatic heterocycles. The number of fused-ring (bicyclic) bond motifs is 1. The molecule has 0 spiro atoms. The van der Waals surface area contributed by atoms with Gasteiger partial charge in [-0.3, -0.25) is 4.90 Å². The van der Waals surface area contributed by atoms with Crippen molar-refractivity contribution in [1.29, 1.82) is 0 Å². The second kappa shape index (κ2) is 4.59. The van der Waals surface area contributed by atoms with Gasteiger partial charge in [-0.2, -0.15) is 0 Å². The fourth-order valence-corrected chi connectivity index (χ4v) is 1.84. The highest BCUT2D eigenvalue weighted by atomic mass is 16.5. The van der Waals surface area contributed by atoms with Crippen LogP contribution in [0.3, 0.4) is 0 Å². The topological polar surface area (TPSA) is 52.6 Å². The zero-order valence-corrected chi connectivity index (χ0v) is 9.79. The number of hydrogen-bond acceptors (Lipinski definition) is 3. The molecule has 0 saturated heterocycles. The molecule has 0 saturated carbocycles. The fourth-order valence-electron chi connectivity index (χ4n) is 1.84. The molecule has 1 unspecified atom stereocenters. The molecule has 0 aliphatic carbocycles. The Balaban J connectivity index is 2.38. The predicted octanol–water partition coefficient (Wildman–Crippen LogP) is 1.61. The Morgan fingerprint density at radius 3 is 2.76 bits per heavy atom. The molecule has 1 aliphatic heterocycles. The Kier molecular flexibility index (Phi) is 3.15. The van der Waals surface area contributed by atoms with Crippen LogP contribution in [0, 0.1) is 0 Å². The molecule has 2 rings (SSSR count). The number of anilines is 1. The maximum absolute atomic E-state index is 11.2. The first-order valence-corrected chi connectivity index (χ1v) is 5.52. The summed E-state index contributed by atoms with van der Waals surface area (Å²) in [5.74, 6) is 0. The van der Waals surface area contributed by atoms with E-state index in [1.54, 1.807) is 18.2 Å². The van der Waals surface area contributed by atoms with E-state index < -0.39 is 12.3 Å². The summed E-state index contributed by atoms with van der Waals surface area (Å²) < 4.78 is 5.54. The highest BCUT2D eigenvalue weighted by molar-refractivity contribution is 5.90. The van der Waals surface area contributed by atoms with Gasteiger partial charge in [0, 0.05) is 0 Å². The van der Waals surface area contributed by atoms with Crippen LogP contribution in [0.2, 0.25) is 0 Å². The van der Waals surface area contributed by atoms with E-state index in [4.69, 9.17) is 4.74 Å². The highest BCUT2D eigenvalue weighted by Gasteiger charge is 2.24. The molecule has 4 heteroatoms. The van der Waals surface area contributed by atoms with Crippen LogP contribution in [0.1, 0.15) is 19.4 Å². The highest BCUT2D eigenvalue weighted by Crippen LogP contribution is 2.29. The number of rotatable bonds is 2. The van der Waals surface area contributed by atoms with Crippen molar-refractivity contribution in [2.75, 3.05) is 4.90 Å². The van der Waals surface area contributed by atoms with Gasteiger partial charge < -0.3 is 14.6 Å². The third-order valence-corrected chi connectivity index (χ3v) is 2.50. The third-order valence-electron chi connectivity index (χ3n) is 2.50. The Labute approximate surface area is 100 Å². The molecular formula is C13H14NO3-. The number of carbonyl (C=O) groups is 1. The summed E-state index contributed by atoms with van der Waals surface area (Å²) in [6, 6.07) is 7.25. The molecule has 0 bridgehead atoms. The number of hydrogen-bond donors (Lipinski definition) is 0. The van der Waals surface area contributed by atoms with E-state index in [0.29, 0.717) is 5.69 Å². The number of amides is 1. The van der Waals surface area contributed by atoms with Crippen LogP contribution in [0.15, 0.2) is 30.3 Å². The molecule has 0 fully saturated rings. The van der Waals surface area contributed by atoms with E-state index in [2.05, 4.69) is 0 Å². The molecule has 1 aliphatic rings. The van der Waals surface area contributed by atoms with Crippen LogP contribution in [-0.2, 0) is 4.74 Å². The summed E-state index contributed by atoms with van der Waals surface area (Å²) in [7, 11) is 0. The second-order valence-corrected chi connectivity index (χ2v) is 4.13. The van der Waals surface area contributed by atoms with E-state index in [1.807, 2.05) is 32.1 Å². The number of carboxylic acid groups (broad SMARTS) is 1. The smallest absolute Gasteiger partial charge is 0.155 e. The van der Waals surface area contributed by atoms with E-state index >= 15 is 0 Å².